The molecule has 0 aliphatic rings. The number of hydrazone groups is 1. The fourth-order valence-electron chi connectivity index (χ4n) is 2.35. The molecule has 27 heavy (non-hydrogen) atoms. The summed E-state index contributed by atoms with van der Waals surface area (Å²) in [6.45, 7) is 3.38. The molecule has 0 heterocycles. The highest BCUT2D eigenvalue weighted by molar-refractivity contribution is 7.89. The van der Waals surface area contributed by atoms with Gasteiger partial charge in [0, 0.05) is 7.05 Å². The van der Waals surface area contributed by atoms with Crippen LogP contribution in [0.3, 0.4) is 0 Å². The van der Waals surface area contributed by atoms with Crippen molar-refractivity contribution in [3.8, 4) is 5.75 Å². The molecule has 144 valence electrons. The Morgan fingerprint density at radius 1 is 1.19 bits per heavy atom. The van der Waals surface area contributed by atoms with Crippen molar-refractivity contribution in [1.82, 2.24) is 9.73 Å². The lowest BCUT2D eigenvalue weighted by molar-refractivity contribution is -0.121. The number of ether oxygens (including phenoxy) is 1. The van der Waals surface area contributed by atoms with Gasteiger partial charge in [0.2, 0.25) is 10.0 Å². The minimum atomic E-state index is -3.80. The molecule has 0 saturated carbocycles. The van der Waals surface area contributed by atoms with Crippen LogP contribution < -0.4 is 10.2 Å². The van der Waals surface area contributed by atoms with Crippen molar-refractivity contribution < 1.29 is 17.9 Å². The molecule has 7 nitrogen and oxygen atoms in total. The van der Waals surface area contributed by atoms with Gasteiger partial charge in [-0.15, -0.1) is 0 Å². The number of methoxy groups -OCH3 is 1. The van der Waals surface area contributed by atoms with Crippen molar-refractivity contribution in [3.63, 3.8) is 0 Å². The average Bonchev–Trinajstić information content (AvgIpc) is 2.63. The summed E-state index contributed by atoms with van der Waals surface area (Å²) in [7, 11) is -0.935. The third-order valence-corrected chi connectivity index (χ3v) is 5.72. The molecule has 0 saturated heterocycles. The van der Waals surface area contributed by atoms with Crippen LogP contribution in [-0.4, -0.2) is 45.5 Å². The van der Waals surface area contributed by atoms with Crippen LogP contribution in [0.25, 0.3) is 0 Å². The van der Waals surface area contributed by atoms with Crippen LogP contribution in [-0.2, 0) is 14.8 Å². The second kappa shape index (κ2) is 8.79. The van der Waals surface area contributed by atoms with E-state index in [-0.39, 0.29) is 11.4 Å². The highest BCUT2D eigenvalue weighted by Crippen LogP contribution is 2.23. The summed E-state index contributed by atoms with van der Waals surface area (Å²) in [6.07, 6.45) is 1.50. The van der Waals surface area contributed by atoms with Crippen LogP contribution in [0.2, 0.25) is 0 Å². The summed E-state index contributed by atoms with van der Waals surface area (Å²) in [5.74, 6) is 0.0643. The molecular weight excluding hydrogens is 366 g/mol. The first-order chi connectivity index (χ1) is 12.7. The fourth-order valence-corrected chi connectivity index (χ4v) is 3.56. The number of carbonyl (C=O) groups is 1. The van der Waals surface area contributed by atoms with Gasteiger partial charge in [0.15, 0.2) is 0 Å². The van der Waals surface area contributed by atoms with Crippen molar-refractivity contribution in [2.45, 2.75) is 18.7 Å². The molecule has 1 amide bonds. The first-order valence-electron chi connectivity index (χ1n) is 8.23. The standard InChI is InChI=1S/C19H23N3O4S/c1-14-5-7-16(8-6-14)12-20-21-19(23)13-22(3)27(24,25)17-9-10-18(26-4)15(2)11-17/h5-12H,13H2,1-4H3,(H,21,23)/b20-12-. The van der Waals surface area contributed by atoms with Crippen LogP contribution in [0.4, 0.5) is 0 Å². The first-order valence-corrected chi connectivity index (χ1v) is 9.67. The second-order valence-electron chi connectivity index (χ2n) is 6.10. The zero-order chi connectivity index (χ0) is 20.0. The normalized spacial score (nSPS) is 11.7. The molecular formula is C19H23N3O4S. The van der Waals surface area contributed by atoms with Gasteiger partial charge in [-0.05, 0) is 43.2 Å². The zero-order valence-corrected chi connectivity index (χ0v) is 16.6. The van der Waals surface area contributed by atoms with E-state index in [9.17, 15) is 13.2 Å². The number of nitrogens with zero attached hydrogens (tertiary/aromatic N) is 2. The zero-order valence-electron chi connectivity index (χ0n) is 15.8. The minimum Gasteiger partial charge on any atom is -0.496 e. The molecule has 2 rings (SSSR count). The van der Waals surface area contributed by atoms with Gasteiger partial charge in [-0.3, -0.25) is 4.79 Å². The predicted octanol–water partition coefficient (Wildman–Crippen LogP) is 2.08. The van der Waals surface area contributed by atoms with E-state index in [0.29, 0.717) is 11.3 Å². The number of carbonyl (C=O) groups excluding carboxylic acids is 1. The maximum atomic E-state index is 12.6. The predicted molar refractivity (Wildman–Crippen MR) is 104 cm³/mol. The van der Waals surface area contributed by atoms with E-state index in [1.54, 1.807) is 13.0 Å². The van der Waals surface area contributed by atoms with Gasteiger partial charge in [0.25, 0.3) is 5.91 Å². The summed E-state index contributed by atoms with van der Waals surface area (Å²) in [4.78, 5) is 12.1. The quantitative estimate of drug-likeness (QED) is 0.580. The average molecular weight is 389 g/mol. The monoisotopic (exact) mass is 389 g/mol. The smallest absolute Gasteiger partial charge is 0.255 e. The lowest BCUT2D eigenvalue weighted by Crippen LogP contribution is -2.36. The lowest BCUT2D eigenvalue weighted by atomic mass is 10.2. The number of likely N-dealkylation sites (N-methyl/N-ethyl adjacent to an activating group) is 1. The summed E-state index contributed by atoms with van der Waals surface area (Å²) in [5, 5.41) is 3.85. The number of hydrogen-bond donors (Lipinski definition) is 1. The lowest BCUT2D eigenvalue weighted by Gasteiger charge is -2.17. The first kappa shape index (κ1) is 20.6. The third kappa shape index (κ3) is 5.38. The van der Waals surface area contributed by atoms with Crippen molar-refractivity contribution in [1.29, 1.82) is 0 Å². The van der Waals surface area contributed by atoms with Crippen molar-refractivity contribution in [2.24, 2.45) is 5.10 Å². The van der Waals surface area contributed by atoms with Crippen LogP contribution >= 0.6 is 0 Å². The Hall–Kier alpha value is -2.71. The number of aryl methyl sites for hydroxylation is 2. The van der Waals surface area contributed by atoms with E-state index in [1.165, 1.54) is 32.5 Å². The Labute approximate surface area is 159 Å². The summed E-state index contributed by atoms with van der Waals surface area (Å²) >= 11 is 0. The van der Waals surface area contributed by atoms with Crippen LogP contribution in [0, 0.1) is 13.8 Å². The number of rotatable bonds is 7. The van der Waals surface area contributed by atoms with E-state index in [4.69, 9.17) is 4.74 Å². The maximum Gasteiger partial charge on any atom is 0.255 e. The van der Waals surface area contributed by atoms with Crippen LogP contribution in [0.5, 0.6) is 5.75 Å². The Bertz CT molecular complexity index is 938. The van der Waals surface area contributed by atoms with Gasteiger partial charge in [-0.25, -0.2) is 13.8 Å². The minimum absolute atomic E-state index is 0.0965. The van der Waals surface area contributed by atoms with Gasteiger partial charge < -0.3 is 4.74 Å². The Morgan fingerprint density at radius 2 is 1.85 bits per heavy atom. The Kier molecular flexibility index (Phi) is 6.70. The molecule has 0 aliphatic carbocycles. The third-order valence-electron chi connectivity index (χ3n) is 3.92. The summed E-state index contributed by atoms with van der Waals surface area (Å²) < 4.78 is 31.3. The van der Waals surface area contributed by atoms with Crippen molar-refractivity contribution in [2.75, 3.05) is 20.7 Å². The van der Waals surface area contributed by atoms with E-state index < -0.39 is 15.9 Å². The molecule has 8 heteroatoms. The second-order valence-corrected chi connectivity index (χ2v) is 8.14. The van der Waals surface area contributed by atoms with Gasteiger partial charge >= 0.3 is 0 Å². The summed E-state index contributed by atoms with van der Waals surface area (Å²) in [6, 6.07) is 12.1. The molecule has 0 aliphatic heterocycles. The highest BCUT2D eigenvalue weighted by Gasteiger charge is 2.23. The Balaban J connectivity index is 2.00. The summed E-state index contributed by atoms with van der Waals surface area (Å²) in [5.41, 5.74) is 4.98. The number of benzene rings is 2. The van der Waals surface area contributed by atoms with Crippen molar-refractivity contribution in [3.05, 3.63) is 59.2 Å². The molecule has 0 bridgehead atoms. The molecule has 0 unspecified atom stereocenters. The highest BCUT2D eigenvalue weighted by atomic mass is 32.2. The number of nitrogens with one attached hydrogen (secondary N) is 1. The van der Waals surface area contributed by atoms with Crippen molar-refractivity contribution >= 4 is 22.1 Å². The van der Waals surface area contributed by atoms with E-state index in [2.05, 4.69) is 10.5 Å². The van der Waals surface area contributed by atoms with Gasteiger partial charge in [-0.1, -0.05) is 29.8 Å². The number of hydrogen-bond acceptors (Lipinski definition) is 5. The number of amides is 1. The van der Waals surface area contributed by atoms with E-state index in [0.717, 1.165) is 15.4 Å². The SMILES string of the molecule is COc1ccc(S(=O)(=O)N(C)CC(=O)N/N=C\c2ccc(C)cc2)cc1C. The molecule has 2 aromatic rings. The van der Waals surface area contributed by atoms with Gasteiger partial charge in [0.1, 0.15) is 5.75 Å². The molecule has 0 fully saturated rings. The maximum absolute atomic E-state index is 12.6. The van der Waals surface area contributed by atoms with Gasteiger partial charge in [0.05, 0.1) is 24.8 Å². The molecule has 0 radical (unpaired) electrons. The molecule has 0 spiro atoms. The van der Waals surface area contributed by atoms with E-state index >= 15 is 0 Å². The van der Waals surface area contributed by atoms with E-state index in [1.807, 2.05) is 31.2 Å². The molecule has 2 aromatic carbocycles. The number of sulfonamides is 1. The molecule has 0 atom stereocenters. The van der Waals surface area contributed by atoms with Crippen LogP contribution in [0.1, 0.15) is 16.7 Å². The largest absolute Gasteiger partial charge is 0.496 e. The Morgan fingerprint density at radius 3 is 2.44 bits per heavy atom. The topological polar surface area (TPSA) is 88.1 Å². The molecule has 0 aromatic heterocycles. The fraction of sp³-hybridized carbons (Fsp3) is 0.263. The van der Waals surface area contributed by atoms with Crippen LogP contribution in [0.15, 0.2) is 52.5 Å². The van der Waals surface area contributed by atoms with Gasteiger partial charge in [-0.2, -0.15) is 9.41 Å². The molecule has 1 N–H and O–H groups in total.